The van der Waals surface area contributed by atoms with Gasteiger partial charge in [0.1, 0.15) is 5.69 Å². The van der Waals surface area contributed by atoms with Crippen LogP contribution < -0.4 is 16.0 Å². The lowest BCUT2D eigenvalue weighted by Gasteiger charge is -2.25. The van der Waals surface area contributed by atoms with E-state index in [1.807, 2.05) is 54.6 Å². The highest BCUT2D eigenvalue weighted by Crippen LogP contribution is 2.25. The molecule has 4 N–H and O–H groups in total. The first-order valence-electron chi connectivity index (χ1n) is 11.0. The average Bonchev–Trinajstić information content (AvgIpc) is 3.34. The number of nitrogens with one attached hydrogen (secondary N) is 2. The van der Waals surface area contributed by atoms with Gasteiger partial charge in [-0.1, -0.05) is 48.5 Å². The fraction of sp³-hybridized carbons (Fsp3) is 0.208. The lowest BCUT2D eigenvalue weighted by atomic mass is 10.0. The van der Waals surface area contributed by atoms with Crippen molar-refractivity contribution in [3.05, 3.63) is 76.8 Å². The summed E-state index contributed by atoms with van der Waals surface area (Å²) >= 11 is 1.41. The monoisotopic (exact) mass is 489 g/mol. The molecule has 5 rings (SSSR count). The topological polar surface area (TPSA) is 138 Å². The van der Waals surface area contributed by atoms with Gasteiger partial charge in [-0.05, 0) is 6.07 Å². The smallest absolute Gasteiger partial charge is 0.291 e. The van der Waals surface area contributed by atoms with Crippen molar-refractivity contribution in [3.63, 3.8) is 0 Å². The number of aromatic nitrogens is 1. The average molecular weight is 490 g/mol. The van der Waals surface area contributed by atoms with Gasteiger partial charge in [0.05, 0.1) is 24.6 Å². The van der Waals surface area contributed by atoms with Crippen LogP contribution in [-0.4, -0.2) is 61.0 Å². The summed E-state index contributed by atoms with van der Waals surface area (Å²) in [6.45, 7) is 2.76. The minimum absolute atomic E-state index is 0.258. The van der Waals surface area contributed by atoms with E-state index in [-0.39, 0.29) is 11.9 Å². The SMILES string of the molecule is N=C(O/C(N)=N/C1N=C(c2ccccc2)c2ccccc2NC1=O)c1csc(N2CCOCC2)n1. The maximum atomic E-state index is 12.9. The minimum Gasteiger partial charge on any atom is -0.405 e. The number of hydrogen-bond acceptors (Lipinski definition) is 9. The number of nitrogens with zero attached hydrogens (tertiary/aromatic N) is 4. The van der Waals surface area contributed by atoms with Crippen LogP contribution in [0.3, 0.4) is 0 Å². The summed E-state index contributed by atoms with van der Waals surface area (Å²) in [5, 5.41) is 13.6. The lowest BCUT2D eigenvalue weighted by Crippen LogP contribution is -2.36. The molecule has 1 fully saturated rings. The van der Waals surface area contributed by atoms with Gasteiger partial charge >= 0.3 is 0 Å². The first-order chi connectivity index (χ1) is 17.1. The van der Waals surface area contributed by atoms with Crippen LogP contribution in [0, 0.1) is 5.41 Å². The summed E-state index contributed by atoms with van der Waals surface area (Å²) in [6.07, 6.45) is -1.19. The van der Waals surface area contributed by atoms with Crippen LogP contribution in [-0.2, 0) is 14.3 Å². The maximum absolute atomic E-state index is 12.9. The summed E-state index contributed by atoms with van der Waals surface area (Å²) in [5.41, 5.74) is 9.15. The van der Waals surface area contributed by atoms with Crippen LogP contribution in [0.1, 0.15) is 16.8 Å². The second-order valence-electron chi connectivity index (χ2n) is 7.77. The number of aliphatic imine (C=N–C) groups is 2. The van der Waals surface area contributed by atoms with Gasteiger partial charge in [0, 0.05) is 29.6 Å². The molecule has 3 aromatic rings. The van der Waals surface area contributed by atoms with E-state index >= 15 is 0 Å². The van der Waals surface area contributed by atoms with Crippen molar-refractivity contribution in [2.24, 2.45) is 15.7 Å². The molecule has 35 heavy (non-hydrogen) atoms. The second-order valence-corrected chi connectivity index (χ2v) is 8.60. The zero-order valence-electron chi connectivity index (χ0n) is 18.7. The number of amides is 1. The molecule has 11 heteroatoms. The number of hydrogen-bond donors (Lipinski definition) is 3. The molecule has 0 bridgehead atoms. The Kier molecular flexibility index (Phi) is 6.51. The van der Waals surface area contributed by atoms with Crippen LogP contribution in [0.2, 0.25) is 0 Å². The summed E-state index contributed by atoms with van der Waals surface area (Å²) in [5.74, 6) is -0.712. The fourth-order valence-corrected chi connectivity index (χ4v) is 4.59. The number of carbonyl (C=O) groups is 1. The van der Waals surface area contributed by atoms with Crippen molar-refractivity contribution in [2.75, 3.05) is 36.5 Å². The first-order valence-corrected chi connectivity index (χ1v) is 11.9. The highest BCUT2D eigenvalue weighted by molar-refractivity contribution is 7.13. The number of fused-ring (bicyclic) bond motifs is 1. The van der Waals surface area contributed by atoms with Gasteiger partial charge in [-0.15, -0.1) is 11.3 Å². The Morgan fingerprint density at radius 2 is 1.91 bits per heavy atom. The molecule has 0 saturated carbocycles. The third-order valence-corrected chi connectivity index (χ3v) is 6.34. The fourth-order valence-electron chi connectivity index (χ4n) is 3.73. The molecule has 0 spiro atoms. The van der Waals surface area contributed by atoms with Gasteiger partial charge < -0.3 is 25.4 Å². The molecule has 178 valence electrons. The third-order valence-electron chi connectivity index (χ3n) is 5.44. The number of nitrogens with two attached hydrogens (primary N) is 1. The molecule has 1 atom stereocenters. The molecular formula is C24H23N7O3S. The molecule has 10 nitrogen and oxygen atoms in total. The largest absolute Gasteiger partial charge is 0.405 e. The molecule has 2 aliphatic heterocycles. The highest BCUT2D eigenvalue weighted by atomic mass is 32.1. The van der Waals surface area contributed by atoms with Gasteiger partial charge in [0.25, 0.3) is 11.9 Å². The Morgan fingerprint density at radius 1 is 1.17 bits per heavy atom. The molecule has 1 aromatic heterocycles. The highest BCUT2D eigenvalue weighted by Gasteiger charge is 2.26. The van der Waals surface area contributed by atoms with Crippen molar-refractivity contribution in [1.29, 1.82) is 5.41 Å². The van der Waals surface area contributed by atoms with Crippen LogP contribution in [0.4, 0.5) is 10.8 Å². The number of rotatable bonds is 4. The van der Waals surface area contributed by atoms with E-state index in [0.717, 1.165) is 29.3 Å². The maximum Gasteiger partial charge on any atom is 0.291 e. The molecule has 0 aliphatic carbocycles. The van der Waals surface area contributed by atoms with Gasteiger partial charge in [-0.3, -0.25) is 10.2 Å². The van der Waals surface area contributed by atoms with Crippen LogP contribution >= 0.6 is 11.3 Å². The molecule has 1 unspecified atom stereocenters. The van der Waals surface area contributed by atoms with E-state index in [1.165, 1.54) is 11.3 Å². The lowest BCUT2D eigenvalue weighted by molar-refractivity contribution is -0.117. The molecule has 2 aliphatic rings. The molecule has 2 aromatic carbocycles. The number of morpholine rings is 1. The van der Waals surface area contributed by atoms with E-state index in [9.17, 15) is 4.79 Å². The van der Waals surface area contributed by atoms with Crippen LogP contribution in [0.5, 0.6) is 0 Å². The van der Waals surface area contributed by atoms with Crippen molar-refractivity contribution in [1.82, 2.24) is 4.98 Å². The standard InChI is InChI=1S/C24H23N7O3S/c25-20(18-14-35-24(28-18)31-10-12-33-13-11-31)34-23(26)30-21-22(32)27-17-9-5-4-8-16(17)19(29-21)15-6-2-1-3-7-15/h1-9,14,21,25H,10-13H2,(H2,26,30)(H,27,32). The number of amidine groups is 1. The Labute approximate surface area is 205 Å². The molecular weight excluding hydrogens is 466 g/mol. The van der Waals surface area contributed by atoms with Gasteiger partial charge in [0.15, 0.2) is 5.13 Å². The summed E-state index contributed by atoms with van der Waals surface area (Å²) < 4.78 is 10.8. The first kappa shape index (κ1) is 22.7. The van der Waals surface area contributed by atoms with Crippen LogP contribution in [0.25, 0.3) is 0 Å². The number of ether oxygens (including phenoxy) is 2. The third kappa shape index (κ3) is 5.05. The van der Waals surface area contributed by atoms with Gasteiger partial charge in [-0.2, -0.15) is 4.99 Å². The molecule has 1 saturated heterocycles. The summed E-state index contributed by atoms with van der Waals surface area (Å²) in [7, 11) is 0. The zero-order chi connectivity index (χ0) is 24.2. The number of carbonyl (C=O) groups excluding carboxylic acids is 1. The predicted molar refractivity (Wildman–Crippen MR) is 136 cm³/mol. The summed E-state index contributed by atoms with van der Waals surface area (Å²) in [6, 6.07) is 16.6. The molecule has 0 radical (unpaired) electrons. The predicted octanol–water partition coefficient (Wildman–Crippen LogP) is 2.45. The minimum atomic E-state index is -1.19. The number of para-hydroxylation sites is 1. The van der Waals surface area contributed by atoms with E-state index in [4.69, 9.17) is 20.6 Å². The Morgan fingerprint density at radius 3 is 2.71 bits per heavy atom. The Bertz CT molecular complexity index is 1300. The van der Waals surface area contributed by atoms with Crippen molar-refractivity contribution >= 4 is 45.7 Å². The number of thiazole rings is 1. The van der Waals surface area contributed by atoms with Crippen LogP contribution in [0.15, 0.2) is 70.0 Å². The van der Waals surface area contributed by atoms with E-state index in [1.54, 1.807) is 5.38 Å². The van der Waals surface area contributed by atoms with Gasteiger partial charge in [-0.25, -0.2) is 9.98 Å². The number of benzene rings is 2. The normalized spacial score (nSPS) is 18.2. The van der Waals surface area contributed by atoms with Crippen molar-refractivity contribution < 1.29 is 14.3 Å². The van der Waals surface area contributed by atoms with Crippen molar-refractivity contribution in [2.45, 2.75) is 6.17 Å². The quantitative estimate of drug-likeness (QED) is 0.380. The number of benzodiazepines with no additional fused rings is 1. The second kappa shape index (κ2) is 10.0. The van der Waals surface area contributed by atoms with Gasteiger partial charge in [0.2, 0.25) is 12.1 Å². The number of anilines is 2. The summed E-state index contributed by atoms with van der Waals surface area (Å²) in [4.78, 5) is 28.3. The molecule has 1 amide bonds. The zero-order valence-corrected chi connectivity index (χ0v) is 19.5. The van der Waals surface area contributed by atoms with E-state index < -0.39 is 12.1 Å². The molecule has 3 heterocycles. The Hall–Kier alpha value is -4.09. The van der Waals surface area contributed by atoms with E-state index in [2.05, 4.69) is 25.2 Å². The Balaban J connectivity index is 1.37. The van der Waals surface area contributed by atoms with Crippen molar-refractivity contribution in [3.8, 4) is 0 Å². The van der Waals surface area contributed by atoms with E-state index in [0.29, 0.717) is 30.3 Å².